The monoisotopic (exact) mass is 361 g/mol. The Bertz CT molecular complexity index is 700. The minimum absolute atomic E-state index is 0.423. The number of morpholine rings is 1. The molecule has 8 nitrogen and oxygen atoms in total. The number of hydrogen-bond acceptors (Lipinski definition) is 7. The maximum atomic E-state index is 6.35. The summed E-state index contributed by atoms with van der Waals surface area (Å²) in [6.45, 7) is 6.97. The maximum Gasteiger partial charge on any atom is 0.171 e. The second-order valence-electron chi connectivity index (χ2n) is 6.17. The van der Waals surface area contributed by atoms with Gasteiger partial charge in [0, 0.05) is 26.1 Å². The third-order valence-electron chi connectivity index (χ3n) is 4.44. The first-order valence-corrected chi connectivity index (χ1v) is 8.99. The number of aromatic nitrogens is 3. The normalized spacial score (nSPS) is 16.4. The average Bonchev–Trinajstić information content (AvgIpc) is 3.16. The summed E-state index contributed by atoms with van der Waals surface area (Å²) in [5.41, 5.74) is 7.23. The summed E-state index contributed by atoms with van der Waals surface area (Å²) in [4.78, 5) is 6.93. The summed E-state index contributed by atoms with van der Waals surface area (Å²) in [6, 6.07) is 5.23. The number of nitrogens with one attached hydrogen (secondary N) is 1. The van der Waals surface area contributed by atoms with Crippen molar-refractivity contribution in [3.05, 3.63) is 35.4 Å². The van der Waals surface area contributed by atoms with E-state index >= 15 is 0 Å². The van der Waals surface area contributed by atoms with Gasteiger partial charge in [-0.2, -0.15) is 5.10 Å². The Morgan fingerprint density at radius 1 is 1.31 bits per heavy atom. The fourth-order valence-corrected chi connectivity index (χ4v) is 2.95. The highest BCUT2D eigenvalue weighted by Crippen LogP contribution is 2.30. The number of nitrogens with two attached hydrogens (primary N) is 1. The number of nitrogens with zero attached hydrogens (tertiary/aromatic N) is 3. The molecular weight excluding hydrogens is 334 g/mol. The number of ether oxygens (including phenoxy) is 3. The van der Waals surface area contributed by atoms with Crippen molar-refractivity contribution in [2.24, 2.45) is 5.73 Å². The number of methoxy groups -OCH3 is 1. The van der Waals surface area contributed by atoms with Gasteiger partial charge in [-0.05, 0) is 24.6 Å². The van der Waals surface area contributed by atoms with E-state index in [0.717, 1.165) is 50.7 Å². The number of hydrogen-bond donors (Lipinski definition) is 2. The van der Waals surface area contributed by atoms with Gasteiger partial charge in [0.25, 0.3) is 0 Å². The predicted molar refractivity (Wildman–Crippen MR) is 97.5 cm³/mol. The Morgan fingerprint density at radius 2 is 2.12 bits per heavy atom. The van der Waals surface area contributed by atoms with Crippen LogP contribution in [0, 0.1) is 0 Å². The molecule has 142 valence electrons. The summed E-state index contributed by atoms with van der Waals surface area (Å²) >= 11 is 0. The molecular formula is C18H27N5O3. The van der Waals surface area contributed by atoms with Gasteiger partial charge in [0.15, 0.2) is 17.3 Å². The topological polar surface area (TPSA) is 98.5 Å². The van der Waals surface area contributed by atoms with Crippen LogP contribution in [0.2, 0.25) is 0 Å². The van der Waals surface area contributed by atoms with E-state index in [1.807, 2.05) is 25.1 Å². The van der Waals surface area contributed by atoms with Crippen LogP contribution in [-0.2, 0) is 11.2 Å². The Labute approximate surface area is 153 Å². The van der Waals surface area contributed by atoms with E-state index in [-0.39, 0.29) is 0 Å². The zero-order valence-electron chi connectivity index (χ0n) is 15.4. The van der Waals surface area contributed by atoms with Crippen LogP contribution in [0.15, 0.2) is 18.2 Å². The van der Waals surface area contributed by atoms with Crippen molar-refractivity contribution in [3.8, 4) is 11.5 Å². The lowest BCUT2D eigenvalue weighted by Crippen LogP contribution is -2.37. The zero-order chi connectivity index (χ0) is 18.4. The molecule has 2 heterocycles. The van der Waals surface area contributed by atoms with Crippen LogP contribution in [0.25, 0.3) is 0 Å². The summed E-state index contributed by atoms with van der Waals surface area (Å²) in [5, 5.41) is 7.30. The molecule has 0 spiro atoms. The van der Waals surface area contributed by atoms with Crippen molar-refractivity contribution in [1.82, 2.24) is 20.1 Å². The van der Waals surface area contributed by atoms with E-state index in [2.05, 4.69) is 20.1 Å². The van der Waals surface area contributed by atoms with Gasteiger partial charge in [0.05, 0.1) is 33.0 Å². The maximum absolute atomic E-state index is 6.35. The van der Waals surface area contributed by atoms with Crippen molar-refractivity contribution in [2.75, 3.05) is 46.6 Å². The van der Waals surface area contributed by atoms with E-state index in [1.165, 1.54) is 0 Å². The third-order valence-corrected chi connectivity index (χ3v) is 4.44. The third kappa shape index (κ3) is 4.51. The van der Waals surface area contributed by atoms with Crippen LogP contribution in [0.5, 0.6) is 11.5 Å². The summed E-state index contributed by atoms with van der Waals surface area (Å²) in [6.07, 6.45) is 0.812. The SMILES string of the molecule is CCOc1ccc([C@@H](N)c2n[nH]c(CCN3CCOCC3)n2)cc1OC. The predicted octanol–water partition coefficient (Wildman–Crippen LogP) is 1.13. The minimum Gasteiger partial charge on any atom is -0.493 e. The van der Waals surface area contributed by atoms with Gasteiger partial charge in [0.2, 0.25) is 0 Å². The molecule has 3 rings (SSSR count). The molecule has 1 saturated heterocycles. The average molecular weight is 361 g/mol. The lowest BCUT2D eigenvalue weighted by molar-refractivity contribution is 0.0382. The van der Waals surface area contributed by atoms with E-state index in [0.29, 0.717) is 23.9 Å². The van der Waals surface area contributed by atoms with Crippen molar-refractivity contribution in [3.63, 3.8) is 0 Å². The smallest absolute Gasteiger partial charge is 0.171 e. The van der Waals surface area contributed by atoms with Crippen LogP contribution in [-0.4, -0.2) is 66.6 Å². The van der Waals surface area contributed by atoms with Gasteiger partial charge < -0.3 is 19.9 Å². The molecule has 1 fully saturated rings. The molecule has 1 aromatic heterocycles. The molecule has 0 radical (unpaired) electrons. The second-order valence-corrected chi connectivity index (χ2v) is 6.17. The van der Waals surface area contributed by atoms with Gasteiger partial charge in [-0.1, -0.05) is 6.07 Å². The molecule has 3 N–H and O–H groups in total. The molecule has 1 aromatic carbocycles. The summed E-state index contributed by atoms with van der Waals surface area (Å²) in [7, 11) is 1.61. The summed E-state index contributed by atoms with van der Waals surface area (Å²) < 4.78 is 16.3. The van der Waals surface area contributed by atoms with Crippen molar-refractivity contribution < 1.29 is 14.2 Å². The Balaban J connectivity index is 1.64. The first-order chi connectivity index (χ1) is 12.7. The molecule has 0 saturated carbocycles. The van der Waals surface area contributed by atoms with Crippen molar-refractivity contribution >= 4 is 0 Å². The highest BCUT2D eigenvalue weighted by atomic mass is 16.5. The largest absolute Gasteiger partial charge is 0.493 e. The van der Waals surface area contributed by atoms with Crippen molar-refractivity contribution in [2.45, 2.75) is 19.4 Å². The fraction of sp³-hybridized carbons (Fsp3) is 0.556. The van der Waals surface area contributed by atoms with Crippen molar-refractivity contribution in [1.29, 1.82) is 0 Å². The van der Waals surface area contributed by atoms with Crippen LogP contribution < -0.4 is 15.2 Å². The van der Waals surface area contributed by atoms with Crippen LogP contribution in [0.1, 0.15) is 30.2 Å². The quantitative estimate of drug-likeness (QED) is 0.727. The van der Waals surface area contributed by atoms with E-state index in [9.17, 15) is 0 Å². The number of benzene rings is 1. The molecule has 2 aromatic rings. The molecule has 1 atom stereocenters. The highest BCUT2D eigenvalue weighted by molar-refractivity contribution is 5.44. The van der Waals surface area contributed by atoms with Gasteiger partial charge in [-0.3, -0.25) is 10.00 Å². The Morgan fingerprint density at radius 3 is 2.85 bits per heavy atom. The van der Waals surface area contributed by atoms with E-state index in [4.69, 9.17) is 19.9 Å². The van der Waals surface area contributed by atoms with E-state index in [1.54, 1.807) is 7.11 Å². The van der Waals surface area contributed by atoms with Gasteiger partial charge in [-0.15, -0.1) is 0 Å². The summed E-state index contributed by atoms with van der Waals surface area (Å²) in [5.74, 6) is 2.78. The van der Waals surface area contributed by atoms with Crippen LogP contribution in [0.3, 0.4) is 0 Å². The first-order valence-electron chi connectivity index (χ1n) is 8.99. The molecule has 1 aliphatic heterocycles. The van der Waals surface area contributed by atoms with Gasteiger partial charge in [-0.25, -0.2) is 4.98 Å². The number of aromatic amines is 1. The molecule has 1 aliphatic rings. The van der Waals surface area contributed by atoms with Crippen LogP contribution in [0.4, 0.5) is 0 Å². The van der Waals surface area contributed by atoms with Gasteiger partial charge in [0.1, 0.15) is 5.82 Å². The number of H-pyrrole nitrogens is 1. The lowest BCUT2D eigenvalue weighted by atomic mass is 10.1. The lowest BCUT2D eigenvalue weighted by Gasteiger charge is -2.25. The van der Waals surface area contributed by atoms with Crippen LogP contribution >= 0.6 is 0 Å². The van der Waals surface area contributed by atoms with E-state index < -0.39 is 6.04 Å². The zero-order valence-corrected chi connectivity index (χ0v) is 15.4. The molecule has 0 bridgehead atoms. The molecule has 8 heteroatoms. The first kappa shape index (κ1) is 18.6. The molecule has 26 heavy (non-hydrogen) atoms. The molecule has 0 aliphatic carbocycles. The Hall–Kier alpha value is -2.16. The fourth-order valence-electron chi connectivity index (χ4n) is 2.95. The molecule has 0 unspecified atom stereocenters. The second kappa shape index (κ2) is 8.98. The number of rotatable bonds is 8. The van der Waals surface area contributed by atoms with Gasteiger partial charge >= 0.3 is 0 Å². The molecule has 0 amide bonds. The minimum atomic E-state index is -0.423. The Kier molecular flexibility index (Phi) is 6.43. The highest BCUT2D eigenvalue weighted by Gasteiger charge is 2.18. The standard InChI is InChI=1S/C18H27N5O3/c1-3-26-14-5-4-13(12-15(14)24-2)17(19)18-20-16(21-22-18)6-7-23-8-10-25-11-9-23/h4-5,12,17H,3,6-11,19H2,1-2H3,(H,20,21,22)/t17-/m1/s1.